The SMILES string of the molecule is N/C(=N\C1NC(=O)CC(CSc2ccc(Cl)cc2)N1)Nc1ccc(F)cc1. The van der Waals surface area contributed by atoms with Crippen LogP contribution in [0.4, 0.5) is 10.1 Å². The molecule has 9 heteroatoms. The van der Waals surface area contributed by atoms with Crippen LogP contribution in [0.3, 0.4) is 0 Å². The molecule has 1 aliphatic heterocycles. The Kier molecular flexibility index (Phi) is 6.54. The second-order valence-electron chi connectivity index (χ2n) is 5.95. The van der Waals surface area contributed by atoms with Crippen molar-refractivity contribution in [2.75, 3.05) is 11.1 Å². The Bertz CT molecular complexity index is 816. The first-order valence-corrected chi connectivity index (χ1v) is 9.64. The summed E-state index contributed by atoms with van der Waals surface area (Å²) in [4.78, 5) is 17.3. The fraction of sp³-hybridized carbons (Fsp3) is 0.222. The number of anilines is 1. The Balaban J connectivity index is 1.56. The fourth-order valence-corrected chi connectivity index (χ4v) is 3.58. The van der Waals surface area contributed by atoms with Gasteiger partial charge in [-0.25, -0.2) is 9.38 Å². The van der Waals surface area contributed by atoms with E-state index >= 15 is 0 Å². The van der Waals surface area contributed by atoms with Gasteiger partial charge in [-0.05, 0) is 48.5 Å². The van der Waals surface area contributed by atoms with Crippen molar-refractivity contribution in [3.63, 3.8) is 0 Å². The molecule has 5 N–H and O–H groups in total. The summed E-state index contributed by atoms with van der Waals surface area (Å²) in [6, 6.07) is 13.2. The topological polar surface area (TPSA) is 91.5 Å². The molecule has 6 nitrogen and oxygen atoms in total. The number of carbonyl (C=O) groups is 1. The molecule has 27 heavy (non-hydrogen) atoms. The van der Waals surface area contributed by atoms with Crippen molar-refractivity contribution in [3.8, 4) is 0 Å². The first-order chi connectivity index (χ1) is 13.0. The molecule has 1 heterocycles. The van der Waals surface area contributed by atoms with Gasteiger partial charge in [0.1, 0.15) is 5.82 Å². The lowest BCUT2D eigenvalue weighted by Crippen LogP contribution is -2.57. The number of nitrogens with two attached hydrogens (primary N) is 1. The van der Waals surface area contributed by atoms with E-state index in [0.717, 1.165) is 4.90 Å². The van der Waals surface area contributed by atoms with Gasteiger partial charge in [0.25, 0.3) is 0 Å². The van der Waals surface area contributed by atoms with Crippen LogP contribution >= 0.6 is 23.4 Å². The smallest absolute Gasteiger partial charge is 0.224 e. The van der Waals surface area contributed by atoms with Crippen molar-refractivity contribution in [2.24, 2.45) is 10.7 Å². The molecule has 2 aromatic rings. The van der Waals surface area contributed by atoms with Crippen molar-refractivity contribution in [2.45, 2.75) is 23.6 Å². The number of aliphatic imine (C=N–C) groups is 1. The lowest BCUT2D eigenvalue weighted by molar-refractivity contribution is -0.124. The average Bonchev–Trinajstić information content (AvgIpc) is 2.63. The predicted octanol–water partition coefficient (Wildman–Crippen LogP) is 2.76. The van der Waals surface area contributed by atoms with E-state index in [4.69, 9.17) is 17.3 Å². The number of carbonyl (C=O) groups excluding carboxylic acids is 1. The molecule has 142 valence electrons. The van der Waals surface area contributed by atoms with Crippen molar-refractivity contribution in [1.82, 2.24) is 10.6 Å². The van der Waals surface area contributed by atoms with Gasteiger partial charge in [0, 0.05) is 33.8 Å². The molecule has 2 atom stereocenters. The van der Waals surface area contributed by atoms with Crippen LogP contribution in [0.2, 0.25) is 5.02 Å². The quantitative estimate of drug-likeness (QED) is 0.347. The van der Waals surface area contributed by atoms with Gasteiger partial charge in [0.2, 0.25) is 5.91 Å². The number of thioether (sulfide) groups is 1. The van der Waals surface area contributed by atoms with E-state index in [9.17, 15) is 9.18 Å². The normalized spacial score (nSPS) is 20.2. The third kappa shape index (κ3) is 6.13. The zero-order valence-corrected chi connectivity index (χ0v) is 15.9. The molecular weight excluding hydrogens is 389 g/mol. The largest absolute Gasteiger partial charge is 0.370 e. The highest BCUT2D eigenvalue weighted by Crippen LogP contribution is 2.22. The van der Waals surface area contributed by atoms with Gasteiger partial charge >= 0.3 is 0 Å². The second kappa shape index (κ2) is 9.07. The molecule has 0 radical (unpaired) electrons. The number of nitrogens with one attached hydrogen (secondary N) is 3. The van der Waals surface area contributed by atoms with Crippen LogP contribution < -0.4 is 21.7 Å². The van der Waals surface area contributed by atoms with Gasteiger partial charge in [0.05, 0.1) is 0 Å². The first kappa shape index (κ1) is 19.5. The number of guanidine groups is 1. The fourth-order valence-electron chi connectivity index (χ4n) is 2.52. The maximum absolute atomic E-state index is 12.9. The predicted molar refractivity (Wildman–Crippen MR) is 107 cm³/mol. The lowest BCUT2D eigenvalue weighted by atomic mass is 10.2. The highest BCUT2D eigenvalue weighted by molar-refractivity contribution is 7.99. The Hall–Kier alpha value is -2.29. The highest BCUT2D eigenvalue weighted by Gasteiger charge is 2.25. The van der Waals surface area contributed by atoms with Crippen molar-refractivity contribution in [1.29, 1.82) is 0 Å². The maximum Gasteiger partial charge on any atom is 0.224 e. The Morgan fingerprint density at radius 1 is 1.26 bits per heavy atom. The van der Waals surface area contributed by atoms with Crippen LogP contribution in [-0.2, 0) is 4.79 Å². The van der Waals surface area contributed by atoms with Crippen molar-refractivity contribution >= 4 is 40.9 Å². The summed E-state index contributed by atoms with van der Waals surface area (Å²) in [5, 5.41) is 9.53. The molecule has 0 spiro atoms. The van der Waals surface area contributed by atoms with Crippen LogP contribution in [-0.4, -0.2) is 30.0 Å². The molecule has 1 amide bonds. The molecule has 1 aliphatic rings. The minimum absolute atomic E-state index is 0.0493. The summed E-state index contributed by atoms with van der Waals surface area (Å²) in [7, 11) is 0. The average molecular weight is 408 g/mol. The van der Waals surface area contributed by atoms with E-state index in [0.29, 0.717) is 22.9 Å². The van der Waals surface area contributed by atoms with E-state index in [1.807, 2.05) is 24.3 Å². The number of amides is 1. The minimum atomic E-state index is -0.630. The summed E-state index contributed by atoms with van der Waals surface area (Å²) >= 11 is 7.52. The van der Waals surface area contributed by atoms with Gasteiger partial charge in [-0.15, -0.1) is 11.8 Å². The Morgan fingerprint density at radius 2 is 1.96 bits per heavy atom. The monoisotopic (exact) mass is 407 g/mol. The van der Waals surface area contributed by atoms with Crippen molar-refractivity contribution < 1.29 is 9.18 Å². The molecule has 0 bridgehead atoms. The Labute approximate surface area is 165 Å². The molecular formula is C18H19ClFN5OS. The molecule has 0 aromatic heterocycles. The highest BCUT2D eigenvalue weighted by atomic mass is 35.5. The van der Waals surface area contributed by atoms with Crippen LogP contribution in [0.5, 0.6) is 0 Å². The van der Waals surface area contributed by atoms with Gasteiger partial charge < -0.3 is 16.4 Å². The third-order valence-electron chi connectivity index (χ3n) is 3.77. The first-order valence-electron chi connectivity index (χ1n) is 8.27. The molecule has 2 unspecified atom stereocenters. The summed E-state index contributed by atoms with van der Waals surface area (Å²) in [5.74, 6) is 0.384. The number of halogens is 2. The maximum atomic E-state index is 12.9. The molecule has 2 aromatic carbocycles. The number of nitrogens with zero attached hydrogens (tertiary/aromatic N) is 1. The van der Waals surface area contributed by atoms with E-state index in [1.165, 1.54) is 12.1 Å². The lowest BCUT2D eigenvalue weighted by Gasteiger charge is -2.29. The van der Waals surface area contributed by atoms with Crippen LogP contribution in [0.15, 0.2) is 58.4 Å². The molecule has 1 saturated heterocycles. The number of rotatable bonds is 5. The summed E-state index contributed by atoms with van der Waals surface area (Å²) in [5.41, 5.74) is 6.49. The molecule has 3 rings (SSSR count). The van der Waals surface area contributed by atoms with Crippen molar-refractivity contribution in [3.05, 3.63) is 59.4 Å². The summed E-state index contributed by atoms with van der Waals surface area (Å²) < 4.78 is 12.9. The Morgan fingerprint density at radius 3 is 2.67 bits per heavy atom. The van der Waals surface area contributed by atoms with E-state index in [-0.39, 0.29) is 23.7 Å². The zero-order valence-electron chi connectivity index (χ0n) is 14.3. The van der Waals surface area contributed by atoms with Crippen LogP contribution in [0, 0.1) is 5.82 Å². The van der Waals surface area contributed by atoms with Crippen LogP contribution in [0.25, 0.3) is 0 Å². The van der Waals surface area contributed by atoms with E-state index in [2.05, 4.69) is 20.9 Å². The standard InChI is InChI=1S/C18H19ClFN5OS/c19-11-1-7-15(8-2-11)27-10-14-9-16(26)24-18(23-14)25-17(21)22-13-5-3-12(20)4-6-13/h1-8,14,18,23H,9-10H2,(H,24,26)(H3,21,22,25). The number of hydrogen-bond donors (Lipinski definition) is 4. The number of benzene rings is 2. The van der Waals surface area contributed by atoms with E-state index < -0.39 is 6.29 Å². The molecule has 0 saturated carbocycles. The van der Waals surface area contributed by atoms with Gasteiger partial charge in [-0.3, -0.25) is 10.1 Å². The molecule has 1 fully saturated rings. The van der Waals surface area contributed by atoms with Gasteiger partial charge in [-0.1, -0.05) is 11.6 Å². The van der Waals surface area contributed by atoms with Gasteiger partial charge in [0.15, 0.2) is 12.2 Å². The summed E-state index contributed by atoms with van der Waals surface area (Å²) in [6.07, 6.45) is -0.271. The minimum Gasteiger partial charge on any atom is -0.370 e. The zero-order chi connectivity index (χ0) is 19.2. The van der Waals surface area contributed by atoms with Gasteiger partial charge in [-0.2, -0.15) is 0 Å². The molecule has 0 aliphatic carbocycles. The third-order valence-corrected chi connectivity index (χ3v) is 5.20. The number of hydrogen-bond acceptors (Lipinski definition) is 4. The second-order valence-corrected chi connectivity index (χ2v) is 7.48. The van der Waals surface area contributed by atoms with E-state index in [1.54, 1.807) is 23.9 Å². The summed E-state index contributed by atoms with van der Waals surface area (Å²) in [6.45, 7) is 0. The van der Waals surface area contributed by atoms with Crippen LogP contribution in [0.1, 0.15) is 6.42 Å².